The molecule has 0 aromatic carbocycles. The quantitative estimate of drug-likeness (QED) is 0.375. The zero-order valence-corrected chi connectivity index (χ0v) is 20.3. The van der Waals surface area contributed by atoms with Gasteiger partial charge in [0.2, 0.25) is 0 Å². The first-order valence-corrected chi connectivity index (χ1v) is 11.9. The van der Waals surface area contributed by atoms with Crippen molar-refractivity contribution in [2.75, 3.05) is 25.4 Å². The molecular weight excluding hydrogens is 483 g/mol. The third kappa shape index (κ3) is 5.15. The summed E-state index contributed by atoms with van der Waals surface area (Å²) in [6.45, 7) is 6.98. The van der Waals surface area contributed by atoms with E-state index < -0.39 is 0 Å². The fraction of sp³-hybridized carbons (Fsp3) is 0.850. The van der Waals surface area contributed by atoms with Gasteiger partial charge < -0.3 is 14.8 Å². The molecule has 1 spiro atoms. The third-order valence-corrected chi connectivity index (χ3v) is 7.74. The standard InChI is InChI=1S/C20H34N6S.HI/c1-2-21-19(25-13-14-27-20(16-25)10-6-4-7-11-20)22-15-18-24-23-17-9-5-3-8-12-26(17)18;/h2-16H2,1H3,(H,21,22);1H. The lowest BCUT2D eigenvalue weighted by Gasteiger charge is -2.45. The smallest absolute Gasteiger partial charge is 0.194 e. The Balaban J connectivity index is 0.00000225. The second kappa shape index (κ2) is 10.5. The van der Waals surface area contributed by atoms with Crippen LogP contribution in [0.25, 0.3) is 0 Å². The van der Waals surface area contributed by atoms with Crippen LogP contribution in [0.1, 0.15) is 69.9 Å². The van der Waals surface area contributed by atoms with E-state index in [1.807, 2.05) is 0 Å². The Morgan fingerprint density at radius 1 is 1.11 bits per heavy atom. The van der Waals surface area contributed by atoms with Gasteiger partial charge in [-0.05, 0) is 32.6 Å². The van der Waals surface area contributed by atoms with Gasteiger partial charge in [0.25, 0.3) is 0 Å². The van der Waals surface area contributed by atoms with Crippen LogP contribution in [0.2, 0.25) is 0 Å². The Hall–Kier alpha value is -0.510. The van der Waals surface area contributed by atoms with E-state index >= 15 is 0 Å². The van der Waals surface area contributed by atoms with Crippen LogP contribution in [0.4, 0.5) is 0 Å². The van der Waals surface area contributed by atoms with Crippen LogP contribution in [0.5, 0.6) is 0 Å². The topological polar surface area (TPSA) is 58.3 Å². The third-order valence-electron chi connectivity index (χ3n) is 6.20. The summed E-state index contributed by atoms with van der Waals surface area (Å²) in [5.74, 6) is 4.46. The van der Waals surface area contributed by atoms with E-state index in [4.69, 9.17) is 4.99 Å². The molecule has 1 aromatic rings. The molecule has 3 heterocycles. The van der Waals surface area contributed by atoms with Gasteiger partial charge in [-0.2, -0.15) is 11.8 Å². The summed E-state index contributed by atoms with van der Waals surface area (Å²) in [5.41, 5.74) is 0. The summed E-state index contributed by atoms with van der Waals surface area (Å²) in [6, 6.07) is 0. The summed E-state index contributed by atoms with van der Waals surface area (Å²) in [5, 5.41) is 12.4. The molecule has 1 saturated carbocycles. The van der Waals surface area contributed by atoms with E-state index in [1.54, 1.807) is 0 Å². The van der Waals surface area contributed by atoms with Crippen molar-refractivity contribution in [3.05, 3.63) is 11.6 Å². The van der Waals surface area contributed by atoms with Gasteiger partial charge in [0.05, 0.1) is 0 Å². The summed E-state index contributed by atoms with van der Waals surface area (Å²) in [7, 11) is 0. The second-order valence-corrected chi connectivity index (χ2v) is 9.74. The molecular formula is C20H35IN6S. The number of nitrogens with zero attached hydrogens (tertiary/aromatic N) is 5. The Morgan fingerprint density at radius 3 is 2.75 bits per heavy atom. The average molecular weight is 519 g/mol. The molecule has 8 heteroatoms. The maximum Gasteiger partial charge on any atom is 0.194 e. The summed E-state index contributed by atoms with van der Waals surface area (Å²) in [4.78, 5) is 7.50. The Morgan fingerprint density at radius 2 is 1.93 bits per heavy atom. The molecule has 158 valence electrons. The summed E-state index contributed by atoms with van der Waals surface area (Å²) >= 11 is 2.21. The molecule has 2 aliphatic heterocycles. The Labute approximate surface area is 190 Å². The first-order chi connectivity index (χ1) is 13.3. The van der Waals surface area contributed by atoms with Crippen LogP contribution in [0, 0.1) is 0 Å². The Bertz CT molecular complexity index is 650. The van der Waals surface area contributed by atoms with Crippen LogP contribution >= 0.6 is 35.7 Å². The summed E-state index contributed by atoms with van der Waals surface area (Å²) < 4.78 is 2.77. The molecule has 0 radical (unpaired) electrons. The van der Waals surface area contributed by atoms with E-state index in [0.717, 1.165) is 50.2 Å². The molecule has 6 nitrogen and oxygen atoms in total. The molecule has 1 aromatic heterocycles. The Kier molecular flexibility index (Phi) is 8.32. The van der Waals surface area contributed by atoms with Crippen molar-refractivity contribution in [2.24, 2.45) is 4.99 Å². The lowest BCUT2D eigenvalue weighted by atomic mass is 9.87. The molecule has 1 N–H and O–H groups in total. The maximum atomic E-state index is 5.00. The monoisotopic (exact) mass is 518 g/mol. The highest BCUT2D eigenvalue weighted by atomic mass is 127. The fourth-order valence-electron chi connectivity index (χ4n) is 4.76. The van der Waals surface area contributed by atoms with Crippen LogP contribution in [-0.2, 0) is 19.5 Å². The van der Waals surface area contributed by atoms with Gasteiger partial charge in [-0.3, -0.25) is 0 Å². The van der Waals surface area contributed by atoms with E-state index in [0.29, 0.717) is 11.3 Å². The number of hydrogen-bond acceptors (Lipinski definition) is 4. The highest BCUT2D eigenvalue weighted by Gasteiger charge is 2.38. The van der Waals surface area contributed by atoms with E-state index in [1.165, 1.54) is 57.1 Å². The van der Waals surface area contributed by atoms with Gasteiger partial charge in [0, 0.05) is 43.1 Å². The number of halogens is 1. The van der Waals surface area contributed by atoms with Crippen molar-refractivity contribution < 1.29 is 0 Å². The molecule has 1 aliphatic carbocycles. The molecule has 0 amide bonds. The lowest BCUT2D eigenvalue weighted by Crippen LogP contribution is -2.53. The van der Waals surface area contributed by atoms with Gasteiger partial charge in [0.15, 0.2) is 11.8 Å². The van der Waals surface area contributed by atoms with Crippen molar-refractivity contribution in [1.29, 1.82) is 0 Å². The zero-order chi connectivity index (χ0) is 18.5. The van der Waals surface area contributed by atoms with Gasteiger partial charge >= 0.3 is 0 Å². The van der Waals surface area contributed by atoms with E-state index in [2.05, 4.69) is 43.7 Å². The minimum atomic E-state index is 0. The first kappa shape index (κ1) is 22.2. The maximum absolute atomic E-state index is 5.00. The van der Waals surface area contributed by atoms with Gasteiger partial charge in [-0.25, -0.2) is 4.99 Å². The number of rotatable bonds is 3. The number of aryl methyl sites for hydroxylation is 1. The molecule has 28 heavy (non-hydrogen) atoms. The highest BCUT2D eigenvalue weighted by molar-refractivity contribution is 14.0. The van der Waals surface area contributed by atoms with Crippen molar-refractivity contribution in [2.45, 2.75) is 82.5 Å². The van der Waals surface area contributed by atoms with Crippen molar-refractivity contribution in [1.82, 2.24) is 25.0 Å². The number of aliphatic imine (C=N–C) groups is 1. The van der Waals surface area contributed by atoms with Crippen LogP contribution in [0.15, 0.2) is 4.99 Å². The number of thioether (sulfide) groups is 1. The predicted octanol–water partition coefficient (Wildman–Crippen LogP) is 3.84. The van der Waals surface area contributed by atoms with Gasteiger partial charge in [-0.1, -0.05) is 25.7 Å². The molecule has 0 atom stereocenters. The number of hydrogen-bond donors (Lipinski definition) is 1. The van der Waals surface area contributed by atoms with E-state index in [-0.39, 0.29) is 24.0 Å². The molecule has 3 aliphatic rings. The first-order valence-electron chi connectivity index (χ1n) is 10.9. The summed E-state index contributed by atoms with van der Waals surface area (Å²) in [6.07, 6.45) is 11.7. The molecule has 2 fully saturated rings. The predicted molar refractivity (Wildman–Crippen MR) is 128 cm³/mol. The van der Waals surface area contributed by atoms with Gasteiger partial charge in [-0.15, -0.1) is 34.2 Å². The van der Waals surface area contributed by atoms with Crippen molar-refractivity contribution in [3.63, 3.8) is 0 Å². The molecule has 4 rings (SSSR count). The molecule has 0 unspecified atom stereocenters. The second-order valence-electron chi connectivity index (χ2n) is 8.18. The minimum Gasteiger partial charge on any atom is -0.357 e. The largest absolute Gasteiger partial charge is 0.357 e. The van der Waals surface area contributed by atoms with Crippen LogP contribution in [-0.4, -0.2) is 55.8 Å². The van der Waals surface area contributed by atoms with Crippen LogP contribution < -0.4 is 5.32 Å². The van der Waals surface area contributed by atoms with E-state index in [9.17, 15) is 0 Å². The molecule has 1 saturated heterocycles. The lowest BCUT2D eigenvalue weighted by molar-refractivity contribution is 0.293. The number of guanidine groups is 1. The molecule has 0 bridgehead atoms. The number of aromatic nitrogens is 3. The van der Waals surface area contributed by atoms with Crippen LogP contribution in [0.3, 0.4) is 0 Å². The fourth-order valence-corrected chi connectivity index (χ4v) is 6.33. The normalized spacial score (nSPS) is 22.3. The minimum absolute atomic E-state index is 0. The highest BCUT2D eigenvalue weighted by Crippen LogP contribution is 2.42. The zero-order valence-electron chi connectivity index (χ0n) is 17.2. The van der Waals surface area contributed by atoms with Crippen molar-refractivity contribution >= 4 is 41.7 Å². The average Bonchev–Trinajstić information content (AvgIpc) is 2.92. The van der Waals surface area contributed by atoms with Crippen molar-refractivity contribution in [3.8, 4) is 0 Å². The number of fused-ring (bicyclic) bond motifs is 1. The SMILES string of the molecule is CCNC(=NCc1nnc2n1CCCCC2)N1CCSC2(CCCCC2)C1.I. The van der Waals surface area contributed by atoms with Gasteiger partial charge in [0.1, 0.15) is 12.4 Å². The number of nitrogens with one attached hydrogen (secondary N) is 1.